The predicted octanol–water partition coefficient (Wildman–Crippen LogP) is 2.65. The lowest BCUT2D eigenvalue weighted by Crippen LogP contribution is -2.50. The largest absolute Gasteiger partial charge is 0.432 e. The summed E-state index contributed by atoms with van der Waals surface area (Å²) >= 11 is 3.35. The highest BCUT2D eigenvalue weighted by atomic mass is 79.9. The minimum absolute atomic E-state index is 0.0798. The lowest BCUT2D eigenvalue weighted by atomic mass is 9.94. The summed E-state index contributed by atoms with van der Waals surface area (Å²) in [7, 11) is -2.24. The Morgan fingerprint density at radius 3 is 2.80 bits per heavy atom. The second kappa shape index (κ2) is 7.10. The van der Waals surface area contributed by atoms with Crippen LogP contribution in [0.4, 0.5) is 5.69 Å². The van der Waals surface area contributed by atoms with E-state index in [9.17, 15) is 13.2 Å². The van der Waals surface area contributed by atoms with Crippen LogP contribution < -0.4 is 11.1 Å². The number of anilines is 1. The van der Waals surface area contributed by atoms with Crippen LogP contribution >= 0.6 is 15.9 Å². The maximum Gasteiger partial charge on any atom is 0.311 e. The smallest absolute Gasteiger partial charge is 0.311 e. The molecule has 0 saturated heterocycles. The van der Waals surface area contributed by atoms with Crippen molar-refractivity contribution in [3.05, 3.63) is 58.4 Å². The van der Waals surface area contributed by atoms with Crippen molar-refractivity contribution in [2.75, 3.05) is 18.1 Å². The molecule has 11 heteroatoms. The number of nitrogens with two attached hydrogens (primary N) is 1. The normalized spacial score (nSPS) is 20.8. The number of hydrogen-bond acceptors (Lipinski definition) is 7. The zero-order chi connectivity index (χ0) is 21.7. The number of carbonyl (C=O) groups excluding carboxylic acids is 1. The number of hydrogen-bond donors (Lipinski definition) is 2. The van der Waals surface area contributed by atoms with Gasteiger partial charge in [0.15, 0.2) is 5.58 Å². The van der Waals surface area contributed by atoms with E-state index >= 15 is 0 Å². The van der Waals surface area contributed by atoms with E-state index < -0.39 is 21.5 Å². The Morgan fingerprint density at radius 2 is 2.07 bits per heavy atom. The average molecular weight is 492 g/mol. The standard InChI is InChI=1S/C19H18BrN5O4S/c1-19(10-30(27,28)25(2)18(21)24-19)11-4-3-5-13(8-11)22-16(26)17-23-14-7-6-12(20)9-15(14)29-17/h3-9H,10H2,1-2H3,(H2,21,24)(H,22,26). The van der Waals surface area contributed by atoms with Gasteiger partial charge >= 0.3 is 5.91 Å². The van der Waals surface area contributed by atoms with Crippen molar-refractivity contribution in [2.24, 2.45) is 10.7 Å². The molecule has 1 aliphatic heterocycles. The summed E-state index contributed by atoms with van der Waals surface area (Å²) in [5.74, 6) is -0.933. The van der Waals surface area contributed by atoms with Crippen LogP contribution in [-0.4, -0.2) is 42.4 Å². The van der Waals surface area contributed by atoms with E-state index in [2.05, 4.69) is 31.2 Å². The van der Waals surface area contributed by atoms with Crippen LogP contribution in [0.25, 0.3) is 11.1 Å². The Labute approximate surface area is 181 Å². The third-order valence-corrected chi connectivity index (χ3v) is 7.29. The summed E-state index contributed by atoms with van der Waals surface area (Å²) in [6.07, 6.45) is 0. The maximum absolute atomic E-state index is 12.6. The molecule has 156 valence electrons. The highest BCUT2D eigenvalue weighted by Gasteiger charge is 2.40. The molecule has 0 aliphatic carbocycles. The van der Waals surface area contributed by atoms with Gasteiger partial charge in [-0.3, -0.25) is 4.79 Å². The van der Waals surface area contributed by atoms with Gasteiger partial charge in [0.05, 0.1) is 5.75 Å². The molecule has 4 rings (SSSR count). The van der Waals surface area contributed by atoms with Crippen LogP contribution in [0.3, 0.4) is 0 Å². The molecule has 1 amide bonds. The Bertz CT molecular complexity index is 1300. The molecule has 0 saturated carbocycles. The molecular formula is C19H18BrN5O4S. The molecule has 0 bridgehead atoms. The molecule has 1 atom stereocenters. The van der Waals surface area contributed by atoms with E-state index in [1.54, 1.807) is 49.4 Å². The Balaban J connectivity index is 1.62. The third-order valence-electron chi connectivity index (χ3n) is 4.85. The SMILES string of the molecule is CN1C(N)=NC(C)(c2cccc(NC(=O)c3nc4ccc(Br)cc4o3)c2)CS1(=O)=O. The first-order chi connectivity index (χ1) is 14.1. The van der Waals surface area contributed by atoms with E-state index in [4.69, 9.17) is 10.2 Å². The highest BCUT2D eigenvalue weighted by molar-refractivity contribution is 9.10. The Hall–Kier alpha value is -2.92. The van der Waals surface area contributed by atoms with E-state index in [1.165, 1.54) is 7.05 Å². The number of nitrogens with one attached hydrogen (secondary N) is 1. The quantitative estimate of drug-likeness (QED) is 0.578. The maximum atomic E-state index is 12.6. The van der Waals surface area contributed by atoms with Gasteiger partial charge in [-0.15, -0.1) is 0 Å². The van der Waals surface area contributed by atoms with Crippen molar-refractivity contribution >= 4 is 54.6 Å². The molecule has 30 heavy (non-hydrogen) atoms. The summed E-state index contributed by atoms with van der Waals surface area (Å²) in [6, 6.07) is 12.1. The molecule has 0 fully saturated rings. The van der Waals surface area contributed by atoms with Gasteiger partial charge < -0.3 is 15.5 Å². The number of guanidine groups is 1. The molecule has 1 aliphatic rings. The molecule has 2 aromatic carbocycles. The second-order valence-corrected chi connectivity index (χ2v) is 10.0. The fourth-order valence-electron chi connectivity index (χ4n) is 3.21. The van der Waals surface area contributed by atoms with E-state index in [0.717, 1.165) is 8.78 Å². The second-order valence-electron chi connectivity index (χ2n) is 7.13. The molecule has 1 aromatic heterocycles. The van der Waals surface area contributed by atoms with Crippen molar-refractivity contribution in [3.8, 4) is 0 Å². The summed E-state index contributed by atoms with van der Waals surface area (Å²) < 4.78 is 32.1. The van der Waals surface area contributed by atoms with Crippen LogP contribution in [0.15, 0.2) is 56.3 Å². The van der Waals surface area contributed by atoms with Crippen molar-refractivity contribution in [1.82, 2.24) is 9.29 Å². The van der Waals surface area contributed by atoms with Gasteiger partial charge in [0.1, 0.15) is 11.1 Å². The van der Waals surface area contributed by atoms with Gasteiger partial charge in [0.25, 0.3) is 5.89 Å². The number of rotatable bonds is 3. The number of fused-ring (bicyclic) bond motifs is 1. The van der Waals surface area contributed by atoms with Crippen molar-refractivity contribution in [1.29, 1.82) is 0 Å². The van der Waals surface area contributed by atoms with Crippen molar-refractivity contribution in [3.63, 3.8) is 0 Å². The zero-order valence-electron chi connectivity index (χ0n) is 16.1. The lowest BCUT2D eigenvalue weighted by molar-refractivity contribution is 0.0992. The fourth-order valence-corrected chi connectivity index (χ4v) is 5.01. The van der Waals surface area contributed by atoms with Gasteiger partial charge in [-0.05, 0) is 42.8 Å². The van der Waals surface area contributed by atoms with Crippen molar-refractivity contribution < 1.29 is 17.6 Å². The number of sulfonamides is 1. The highest BCUT2D eigenvalue weighted by Crippen LogP contribution is 2.33. The average Bonchev–Trinajstić information content (AvgIpc) is 3.09. The Kier molecular flexibility index (Phi) is 4.82. The molecule has 2 heterocycles. The van der Waals surface area contributed by atoms with E-state index in [1.807, 2.05) is 0 Å². The predicted molar refractivity (Wildman–Crippen MR) is 117 cm³/mol. The first kappa shape index (κ1) is 20.4. The first-order valence-corrected chi connectivity index (χ1v) is 11.3. The summed E-state index contributed by atoms with van der Waals surface area (Å²) in [5.41, 5.74) is 6.82. The summed E-state index contributed by atoms with van der Waals surface area (Å²) in [5, 5.41) is 2.72. The van der Waals surface area contributed by atoms with Gasteiger partial charge in [-0.25, -0.2) is 22.7 Å². The monoisotopic (exact) mass is 491 g/mol. The third kappa shape index (κ3) is 3.65. The molecule has 1 unspecified atom stereocenters. The van der Waals surface area contributed by atoms with Gasteiger partial charge in [0, 0.05) is 17.2 Å². The first-order valence-electron chi connectivity index (χ1n) is 8.87. The fraction of sp³-hybridized carbons (Fsp3) is 0.211. The van der Waals surface area contributed by atoms with Gasteiger partial charge in [-0.1, -0.05) is 28.1 Å². The van der Waals surface area contributed by atoms with Crippen LogP contribution in [0, 0.1) is 0 Å². The molecule has 3 N–H and O–H groups in total. The lowest BCUT2D eigenvalue weighted by Gasteiger charge is -2.34. The number of aromatic nitrogens is 1. The summed E-state index contributed by atoms with van der Waals surface area (Å²) in [6.45, 7) is 1.68. The van der Waals surface area contributed by atoms with Crippen LogP contribution in [0.2, 0.25) is 0 Å². The van der Waals surface area contributed by atoms with Crippen molar-refractivity contribution in [2.45, 2.75) is 12.5 Å². The molecular weight excluding hydrogens is 474 g/mol. The van der Waals surface area contributed by atoms with Gasteiger partial charge in [-0.2, -0.15) is 0 Å². The molecule has 0 radical (unpaired) electrons. The van der Waals surface area contributed by atoms with Crippen LogP contribution in [0.1, 0.15) is 23.2 Å². The Morgan fingerprint density at radius 1 is 1.30 bits per heavy atom. The van der Waals surface area contributed by atoms with E-state index in [0.29, 0.717) is 22.4 Å². The summed E-state index contributed by atoms with van der Waals surface area (Å²) in [4.78, 5) is 21.2. The minimum atomic E-state index is -3.60. The molecule has 0 spiro atoms. The van der Waals surface area contributed by atoms with Crippen LogP contribution in [0.5, 0.6) is 0 Å². The minimum Gasteiger partial charge on any atom is -0.432 e. The zero-order valence-corrected chi connectivity index (χ0v) is 18.5. The number of amides is 1. The molecule has 9 nitrogen and oxygen atoms in total. The number of oxazole rings is 1. The van der Waals surface area contributed by atoms with E-state index in [-0.39, 0.29) is 17.6 Å². The van der Waals surface area contributed by atoms with Gasteiger partial charge in [0.2, 0.25) is 16.0 Å². The number of halogens is 1. The molecule has 3 aromatic rings. The number of aliphatic imine (C=N–C) groups is 1. The topological polar surface area (TPSA) is 131 Å². The number of nitrogens with zero attached hydrogens (tertiary/aromatic N) is 3. The van der Waals surface area contributed by atoms with Crippen LogP contribution in [-0.2, 0) is 15.6 Å². The number of carbonyl (C=O) groups is 1. The number of benzene rings is 2.